The minimum Gasteiger partial charge on any atom is -0.370 e. The number of nitrogens with one attached hydrogen (secondary N) is 2. The van der Waals surface area contributed by atoms with Gasteiger partial charge in [0.1, 0.15) is 0 Å². The number of benzene rings is 2. The first-order chi connectivity index (χ1) is 13.0. The zero-order valence-corrected chi connectivity index (χ0v) is 16.0. The topological polar surface area (TPSA) is 79.5 Å². The van der Waals surface area contributed by atoms with Gasteiger partial charge in [0.25, 0.3) is 0 Å². The van der Waals surface area contributed by atoms with Gasteiger partial charge in [-0.25, -0.2) is 4.99 Å². The summed E-state index contributed by atoms with van der Waals surface area (Å²) >= 11 is 0. The third kappa shape index (κ3) is 5.33. The molecule has 1 aliphatic carbocycles. The quantitative estimate of drug-likeness (QED) is 0.522. The van der Waals surface area contributed by atoms with Crippen molar-refractivity contribution in [2.75, 3.05) is 10.6 Å². The third-order valence-electron chi connectivity index (χ3n) is 4.93. The average Bonchev–Trinajstić information content (AvgIpc) is 2.59. The van der Waals surface area contributed by atoms with Crippen LogP contribution in [0, 0.1) is 5.92 Å². The second-order valence-corrected chi connectivity index (χ2v) is 7.42. The van der Waals surface area contributed by atoms with Gasteiger partial charge >= 0.3 is 0 Å². The molecule has 0 aromatic heterocycles. The summed E-state index contributed by atoms with van der Waals surface area (Å²) in [6.45, 7) is 4.77. The molecule has 2 aromatic rings. The lowest BCUT2D eigenvalue weighted by molar-refractivity contribution is -0.122. The summed E-state index contributed by atoms with van der Waals surface area (Å²) in [5.74, 6) is 1.13. The van der Waals surface area contributed by atoms with Crippen LogP contribution >= 0.6 is 0 Å². The highest BCUT2D eigenvalue weighted by atomic mass is 16.1. The Morgan fingerprint density at radius 2 is 1.81 bits per heavy atom. The highest BCUT2D eigenvalue weighted by Crippen LogP contribution is 2.27. The maximum Gasteiger partial charge on any atom is 0.227 e. The van der Waals surface area contributed by atoms with E-state index in [1.165, 1.54) is 5.56 Å². The van der Waals surface area contributed by atoms with Crippen LogP contribution in [0.5, 0.6) is 0 Å². The lowest BCUT2D eigenvalue weighted by Crippen LogP contribution is -2.28. The molecule has 4 N–H and O–H groups in total. The molecule has 1 fully saturated rings. The summed E-state index contributed by atoms with van der Waals surface area (Å²) in [7, 11) is 0. The predicted molar refractivity (Wildman–Crippen MR) is 112 cm³/mol. The molecule has 0 unspecified atom stereocenters. The second-order valence-electron chi connectivity index (χ2n) is 7.42. The fraction of sp³-hybridized carbons (Fsp3) is 0.364. The highest BCUT2D eigenvalue weighted by molar-refractivity contribution is 5.93. The summed E-state index contributed by atoms with van der Waals surface area (Å²) in [6.07, 6.45) is 3.14. The van der Waals surface area contributed by atoms with E-state index in [1.807, 2.05) is 36.4 Å². The van der Waals surface area contributed by atoms with Crippen LogP contribution in [-0.4, -0.2) is 11.9 Å². The Kier molecular flexibility index (Phi) is 6.12. The van der Waals surface area contributed by atoms with Gasteiger partial charge in [0.2, 0.25) is 5.91 Å². The van der Waals surface area contributed by atoms with E-state index in [0.29, 0.717) is 18.4 Å². The van der Waals surface area contributed by atoms with Crippen LogP contribution in [0.25, 0.3) is 0 Å². The summed E-state index contributed by atoms with van der Waals surface area (Å²) < 4.78 is 0. The maximum absolute atomic E-state index is 12.1. The number of nitrogens with zero attached hydrogens (tertiary/aromatic N) is 1. The monoisotopic (exact) mass is 364 g/mol. The zero-order chi connectivity index (χ0) is 19.2. The number of anilines is 2. The molecule has 142 valence electrons. The molecular weight excluding hydrogens is 336 g/mol. The molecule has 0 aliphatic heterocycles. The molecule has 5 nitrogen and oxygen atoms in total. The Bertz CT molecular complexity index is 825. The number of hydrogen-bond acceptors (Lipinski definition) is 2. The Balaban J connectivity index is 1.58. The van der Waals surface area contributed by atoms with Gasteiger partial charge in [-0.1, -0.05) is 44.5 Å². The van der Waals surface area contributed by atoms with Crippen molar-refractivity contribution in [2.45, 2.75) is 45.6 Å². The number of hydrogen-bond donors (Lipinski definition) is 3. The molecule has 1 aliphatic rings. The number of guanidine groups is 1. The maximum atomic E-state index is 12.1. The summed E-state index contributed by atoms with van der Waals surface area (Å²) in [5, 5.41) is 6.14. The van der Waals surface area contributed by atoms with E-state index < -0.39 is 0 Å². The van der Waals surface area contributed by atoms with Gasteiger partial charge in [-0.2, -0.15) is 0 Å². The van der Waals surface area contributed by atoms with Crippen molar-refractivity contribution in [3.63, 3.8) is 0 Å². The summed E-state index contributed by atoms with van der Waals surface area (Å²) in [5.41, 5.74) is 10.0. The van der Waals surface area contributed by atoms with Crippen LogP contribution in [0.3, 0.4) is 0 Å². The Labute approximate surface area is 161 Å². The minimum atomic E-state index is 0.119. The second kappa shape index (κ2) is 8.71. The highest BCUT2D eigenvalue weighted by Gasteiger charge is 2.25. The Hall–Kier alpha value is -2.82. The van der Waals surface area contributed by atoms with Crippen molar-refractivity contribution in [3.8, 4) is 0 Å². The van der Waals surface area contributed by atoms with Crippen molar-refractivity contribution in [2.24, 2.45) is 16.6 Å². The number of nitrogens with two attached hydrogens (primary N) is 1. The molecule has 2 aromatic carbocycles. The molecule has 0 saturated heterocycles. The van der Waals surface area contributed by atoms with Crippen LogP contribution < -0.4 is 16.4 Å². The molecule has 5 heteroatoms. The fourth-order valence-electron chi connectivity index (χ4n) is 3.00. The first-order valence-electron chi connectivity index (χ1n) is 9.58. The van der Waals surface area contributed by atoms with Crippen LogP contribution in [0.2, 0.25) is 0 Å². The first-order valence-corrected chi connectivity index (χ1v) is 9.58. The normalized spacial score (nSPS) is 14.7. The van der Waals surface area contributed by atoms with Gasteiger partial charge in [-0.05, 0) is 54.2 Å². The first kappa shape index (κ1) is 19.0. The van der Waals surface area contributed by atoms with E-state index >= 15 is 0 Å². The van der Waals surface area contributed by atoms with Gasteiger partial charge in [0.05, 0.1) is 6.54 Å². The van der Waals surface area contributed by atoms with Crippen molar-refractivity contribution >= 4 is 23.2 Å². The Morgan fingerprint density at radius 3 is 2.48 bits per heavy atom. The largest absolute Gasteiger partial charge is 0.370 e. The van der Waals surface area contributed by atoms with Crippen molar-refractivity contribution in [1.29, 1.82) is 0 Å². The molecule has 0 heterocycles. The molecular formula is C22H28N4O. The third-order valence-corrected chi connectivity index (χ3v) is 4.93. The standard InChI is InChI=1S/C22H28N4O/c1-15(2)18-9-5-11-20(13-18)26-22(23)24-14-16-6-3-10-19(12-16)25-21(27)17-7-4-8-17/h3,5-6,9-13,15,17H,4,7-8,14H2,1-2H3,(H,25,27)(H3,23,24,26). The summed E-state index contributed by atoms with van der Waals surface area (Å²) in [4.78, 5) is 16.5. The number of aliphatic imine (C=N–C) groups is 1. The molecule has 1 saturated carbocycles. The molecule has 0 atom stereocenters. The zero-order valence-electron chi connectivity index (χ0n) is 16.0. The van der Waals surface area contributed by atoms with E-state index in [0.717, 1.165) is 36.2 Å². The SMILES string of the molecule is CC(C)c1cccc(NC(N)=NCc2cccc(NC(=O)C3CCC3)c2)c1. The molecule has 0 bridgehead atoms. The number of carbonyl (C=O) groups is 1. The van der Waals surface area contributed by atoms with Gasteiger partial charge in [0.15, 0.2) is 5.96 Å². The molecule has 0 radical (unpaired) electrons. The van der Waals surface area contributed by atoms with Crippen LogP contribution in [0.15, 0.2) is 53.5 Å². The number of carbonyl (C=O) groups excluding carboxylic acids is 1. The Morgan fingerprint density at radius 1 is 1.11 bits per heavy atom. The van der Waals surface area contributed by atoms with E-state index in [-0.39, 0.29) is 11.8 Å². The van der Waals surface area contributed by atoms with Gasteiger partial charge in [-0.3, -0.25) is 4.79 Å². The molecule has 3 rings (SSSR count). The molecule has 1 amide bonds. The lowest BCUT2D eigenvalue weighted by atomic mass is 9.85. The predicted octanol–water partition coefficient (Wildman–Crippen LogP) is 4.48. The van der Waals surface area contributed by atoms with Crippen molar-refractivity contribution in [3.05, 3.63) is 59.7 Å². The van der Waals surface area contributed by atoms with E-state index in [1.54, 1.807) is 0 Å². The molecule has 0 spiro atoms. The smallest absolute Gasteiger partial charge is 0.227 e. The van der Waals surface area contributed by atoms with Crippen LogP contribution in [-0.2, 0) is 11.3 Å². The average molecular weight is 364 g/mol. The van der Waals surface area contributed by atoms with Crippen LogP contribution in [0.1, 0.15) is 50.2 Å². The number of amides is 1. The van der Waals surface area contributed by atoms with Crippen molar-refractivity contribution < 1.29 is 4.79 Å². The van der Waals surface area contributed by atoms with E-state index in [4.69, 9.17) is 5.73 Å². The minimum absolute atomic E-state index is 0.119. The summed E-state index contributed by atoms with van der Waals surface area (Å²) in [6, 6.07) is 15.9. The van der Waals surface area contributed by atoms with Gasteiger partial charge < -0.3 is 16.4 Å². The van der Waals surface area contributed by atoms with E-state index in [9.17, 15) is 4.79 Å². The molecule has 27 heavy (non-hydrogen) atoms. The van der Waals surface area contributed by atoms with E-state index in [2.05, 4.69) is 41.6 Å². The van der Waals surface area contributed by atoms with Gasteiger partial charge in [-0.15, -0.1) is 0 Å². The number of rotatable bonds is 6. The van der Waals surface area contributed by atoms with Crippen LogP contribution in [0.4, 0.5) is 11.4 Å². The lowest BCUT2D eigenvalue weighted by Gasteiger charge is -2.24. The van der Waals surface area contributed by atoms with Gasteiger partial charge in [0, 0.05) is 17.3 Å². The fourth-order valence-corrected chi connectivity index (χ4v) is 3.00. The van der Waals surface area contributed by atoms with Crippen molar-refractivity contribution in [1.82, 2.24) is 0 Å².